The lowest BCUT2D eigenvalue weighted by Gasteiger charge is -2.34. The number of benzene rings is 2. The van der Waals surface area contributed by atoms with E-state index in [1.807, 2.05) is 0 Å². The van der Waals surface area contributed by atoms with Crippen LogP contribution in [-0.2, 0) is 16.9 Å². The first-order chi connectivity index (χ1) is 14.2. The number of amides is 2. The maximum absolute atomic E-state index is 13.7. The van der Waals surface area contributed by atoms with Gasteiger partial charge in [0.05, 0.1) is 16.1 Å². The highest BCUT2D eigenvalue weighted by atomic mass is 35.5. The molecule has 2 amide bonds. The summed E-state index contributed by atoms with van der Waals surface area (Å²) in [5, 5.41) is 3.15. The van der Waals surface area contributed by atoms with E-state index in [1.165, 1.54) is 36.2 Å². The molecule has 2 aromatic carbocycles. The topological polar surface area (TPSA) is 88.3 Å². The first-order valence-electron chi connectivity index (χ1n) is 8.92. The zero-order valence-electron chi connectivity index (χ0n) is 15.7. The van der Waals surface area contributed by atoms with Crippen LogP contribution in [0.4, 0.5) is 19.3 Å². The van der Waals surface area contributed by atoms with E-state index in [2.05, 4.69) is 10.3 Å². The Morgan fingerprint density at radius 1 is 1.27 bits per heavy atom. The highest BCUT2D eigenvalue weighted by Gasteiger charge is 2.36. The standard InChI is InChI=1S/C20H16ClF2N3O3S/c1-26(20(28)24-11-3-5-15(23)14(21)7-11)17-9-30(29)8-16-18(17)12-4-2-10(22)6-13(12)19(27)25-16/h2-7,17H,8-9H2,1H3,(H,24,28)(H,25,27)/t17-,30+/m1/s1. The molecule has 10 heteroatoms. The number of anilines is 1. The SMILES string of the molecule is CN(C(=O)Nc1ccc(F)c(Cl)c1)[C@@H]1C[S@@+]([O-])Cc2[nH]c(=O)c3cc(F)ccc3c21. The number of pyridine rings is 1. The van der Waals surface area contributed by atoms with Crippen LogP contribution in [0, 0.1) is 11.6 Å². The Morgan fingerprint density at radius 3 is 2.77 bits per heavy atom. The molecule has 0 bridgehead atoms. The molecule has 1 aliphatic heterocycles. The van der Waals surface area contributed by atoms with Gasteiger partial charge in [0.1, 0.15) is 29.2 Å². The summed E-state index contributed by atoms with van der Waals surface area (Å²) >= 11 is 4.45. The Labute approximate surface area is 178 Å². The number of nitrogens with one attached hydrogen (secondary N) is 2. The predicted molar refractivity (Wildman–Crippen MR) is 112 cm³/mol. The number of aromatic amines is 1. The molecule has 3 aromatic rings. The molecule has 2 heterocycles. The van der Waals surface area contributed by atoms with Crippen molar-refractivity contribution in [3.05, 3.63) is 74.7 Å². The van der Waals surface area contributed by atoms with E-state index in [9.17, 15) is 22.9 Å². The molecule has 6 nitrogen and oxygen atoms in total. The highest BCUT2D eigenvalue weighted by molar-refractivity contribution is 7.90. The van der Waals surface area contributed by atoms with Crippen LogP contribution in [0.5, 0.6) is 0 Å². The van der Waals surface area contributed by atoms with Crippen LogP contribution >= 0.6 is 11.6 Å². The van der Waals surface area contributed by atoms with Crippen LogP contribution in [0.1, 0.15) is 17.3 Å². The summed E-state index contributed by atoms with van der Waals surface area (Å²) in [6.07, 6.45) is 0. The number of hydrogen-bond acceptors (Lipinski definition) is 3. The molecule has 0 unspecified atom stereocenters. The van der Waals surface area contributed by atoms with Crippen molar-refractivity contribution in [2.24, 2.45) is 0 Å². The number of nitrogens with zero attached hydrogens (tertiary/aromatic N) is 1. The number of rotatable bonds is 2. The van der Waals surface area contributed by atoms with Gasteiger partial charge in [0.25, 0.3) is 5.56 Å². The summed E-state index contributed by atoms with van der Waals surface area (Å²) in [6.45, 7) is 0. The molecular weight excluding hydrogens is 436 g/mol. The minimum atomic E-state index is -1.31. The summed E-state index contributed by atoms with van der Waals surface area (Å²) in [5.74, 6) is -0.873. The van der Waals surface area contributed by atoms with Crippen LogP contribution < -0.4 is 10.9 Å². The number of carbonyl (C=O) groups is 1. The van der Waals surface area contributed by atoms with E-state index in [4.69, 9.17) is 11.6 Å². The van der Waals surface area contributed by atoms with E-state index < -0.39 is 40.4 Å². The number of H-pyrrole nitrogens is 1. The molecule has 30 heavy (non-hydrogen) atoms. The molecule has 2 atom stereocenters. The first kappa shape index (κ1) is 20.6. The van der Waals surface area contributed by atoms with Gasteiger partial charge >= 0.3 is 6.03 Å². The van der Waals surface area contributed by atoms with E-state index in [-0.39, 0.29) is 21.9 Å². The van der Waals surface area contributed by atoms with E-state index >= 15 is 0 Å². The molecule has 0 spiro atoms. The molecule has 1 aliphatic rings. The zero-order chi connectivity index (χ0) is 21.6. The second kappa shape index (κ2) is 7.90. The van der Waals surface area contributed by atoms with Gasteiger partial charge in [0.15, 0.2) is 0 Å². The van der Waals surface area contributed by atoms with Crippen LogP contribution in [0.3, 0.4) is 0 Å². The molecule has 0 aliphatic carbocycles. The predicted octanol–water partition coefficient (Wildman–Crippen LogP) is 3.93. The molecule has 0 fully saturated rings. The summed E-state index contributed by atoms with van der Waals surface area (Å²) < 4.78 is 39.5. The van der Waals surface area contributed by atoms with Gasteiger partial charge in [0, 0.05) is 18.3 Å². The fourth-order valence-electron chi connectivity index (χ4n) is 3.58. The summed E-state index contributed by atoms with van der Waals surface area (Å²) in [7, 11) is 1.53. The Morgan fingerprint density at radius 2 is 2.03 bits per heavy atom. The Kier molecular flexibility index (Phi) is 5.44. The maximum atomic E-state index is 13.7. The second-order valence-corrected chi connectivity index (χ2v) is 8.88. The van der Waals surface area contributed by atoms with Crippen LogP contribution in [0.15, 0.2) is 41.2 Å². The van der Waals surface area contributed by atoms with Gasteiger partial charge in [-0.15, -0.1) is 0 Å². The molecule has 0 saturated carbocycles. The van der Waals surface area contributed by atoms with Gasteiger partial charge < -0.3 is 19.8 Å². The number of aromatic nitrogens is 1. The Hall–Kier alpha value is -2.62. The average molecular weight is 452 g/mol. The third kappa shape index (κ3) is 3.76. The maximum Gasteiger partial charge on any atom is 0.322 e. The van der Waals surface area contributed by atoms with E-state index in [0.717, 1.165) is 12.1 Å². The normalized spacial score (nSPS) is 18.2. The Bertz CT molecular complexity index is 1220. The molecule has 156 valence electrons. The molecule has 2 N–H and O–H groups in total. The van der Waals surface area contributed by atoms with Crippen molar-refractivity contribution in [1.29, 1.82) is 0 Å². The number of hydrogen-bond donors (Lipinski definition) is 2. The monoisotopic (exact) mass is 451 g/mol. The third-order valence-electron chi connectivity index (χ3n) is 5.05. The van der Waals surface area contributed by atoms with Gasteiger partial charge in [-0.2, -0.15) is 0 Å². The molecular formula is C20H16ClF2N3O3S. The number of carbonyl (C=O) groups excluding carboxylic acids is 1. The molecule has 0 saturated heterocycles. The van der Waals surface area contributed by atoms with Gasteiger partial charge in [-0.25, -0.2) is 13.6 Å². The lowest BCUT2D eigenvalue weighted by molar-refractivity contribution is 0.208. The summed E-state index contributed by atoms with van der Waals surface area (Å²) in [4.78, 5) is 29.2. The van der Waals surface area contributed by atoms with E-state index in [1.54, 1.807) is 0 Å². The van der Waals surface area contributed by atoms with Gasteiger partial charge in [0.2, 0.25) is 0 Å². The lowest BCUT2D eigenvalue weighted by atomic mass is 9.97. The third-order valence-corrected chi connectivity index (χ3v) is 6.63. The van der Waals surface area contributed by atoms with Crippen molar-refractivity contribution in [2.75, 3.05) is 18.1 Å². The molecule has 1 aromatic heterocycles. The molecule has 4 rings (SSSR count). The zero-order valence-corrected chi connectivity index (χ0v) is 17.2. The van der Waals surface area contributed by atoms with Crippen molar-refractivity contribution in [1.82, 2.24) is 9.88 Å². The number of urea groups is 1. The fraction of sp³-hybridized carbons (Fsp3) is 0.200. The van der Waals surface area contributed by atoms with Crippen LogP contribution in [0.2, 0.25) is 5.02 Å². The van der Waals surface area contributed by atoms with Crippen molar-refractivity contribution in [3.8, 4) is 0 Å². The number of fused-ring (bicyclic) bond motifs is 3. The van der Waals surface area contributed by atoms with Crippen LogP contribution in [-0.4, -0.2) is 33.3 Å². The van der Waals surface area contributed by atoms with Crippen molar-refractivity contribution in [3.63, 3.8) is 0 Å². The van der Waals surface area contributed by atoms with Crippen molar-refractivity contribution < 1.29 is 18.1 Å². The quantitative estimate of drug-likeness (QED) is 0.579. The minimum absolute atomic E-state index is 0.134. The van der Waals surface area contributed by atoms with Gasteiger partial charge in [-0.3, -0.25) is 4.79 Å². The summed E-state index contributed by atoms with van der Waals surface area (Å²) in [6, 6.07) is 6.50. The second-order valence-electron chi connectivity index (χ2n) is 6.97. The van der Waals surface area contributed by atoms with E-state index in [0.29, 0.717) is 22.3 Å². The largest absolute Gasteiger partial charge is 0.616 e. The van der Waals surface area contributed by atoms with Gasteiger partial charge in [-0.05, 0) is 46.9 Å². The van der Waals surface area contributed by atoms with Crippen LogP contribution in [0.25, 0.3) is 10.8 Å². The highest BCUT2D eigenvalue weighted by Crippen LogP contribution is 2.35. The molecule has 0 radical (unpaired) electrons. The van der Waals surface area contributed by atoms with Gasteiger partial charge in [-0.1, -0.05) is 17.7 Å². The van der Waals surface area contributed by atoms with Crippen molar-refractivity contribution in [2.45, 2.75) is 11.8 Å². The average Bonchev–Trinajstić information content (AvgIpc) is 2.69. The minimum Gasteiger partial charge on any atom is -0.616 e. The first-order valence-corrected chi connectivity index (χ1v) is 10.8. The number of halogens is 3. The Balaban J connectivity index is 1.73. The lowest BCUT2D eigenvalue weighted by Crippen LogP contribution is -2.41. The fourth-order valence-corrected chi connectivity index (χ4v) is 5.17. The summed E-state index contributed by atoms with van der Waals surface area (Å²) in [5.41, 5.74) is 0.898. The van der Waals surface area contributed by atoms with Crippen molar-refractivity contribution >= 4 is 45.3 Å². The smallest absolute Gasteiger partial charge is 0.322 e.